The maximum absolute atomic E-state index is 13.6. The number of nitrogens with zero attached hydrogens (tertiary/aromatic N) is 2. The van der Waals surface area contributed by atoms with Crippen molar-refractivity contribution < 1.29 is 13.6 Å². The SMILES string of the molecule is O=C(Nc1nnc(-c2cc(Cl)ccc2Cl)o1)c1ccccc1F. The first-order valence-corrected chi connectivity index (χ1v) is 7.15. The van der Waals surface area contributed by atoms with Gasteiger partial charge in [-0.2, -0.15) is 0 Å². The van der Waals surface area contributed by atoms with Gasteiger partial charge in [0.1, 0.15) is 5.82 Å². The van der Waals surface area contributed by atoms with Crippen LogP contribution in [-0.2, 0) is 0 Å². The number of hydrogen-bond acceptors (Lipinski definition) is 4. The van der Waals surface area contributed by atoms with Crippen LogP contribution >= 0.6 is 23.2 Å². The van der Waals surface area contributed by atoms with Crippen molar-refractivity contribution in [1.29, 1.82) is 0 Å². The maximum Gasteiger partial charge on any atom is 0.322 e. The molecule has 0 radical (unpaired) electrons. The first kappa shape index (κ1) is 15.5. The normalized spacial score (nSPS) is 10.6. The Kier molecular flexibility index (Phi) is 4.27. The molecule has 0 unspecified atom stereocenters. The molecule has 0 aliphatic heterocycles. The Bertz CT molecular complexity index is 883. The lowest BCUT2D eigenvalue weighted by atomic mass is 10.2. The minimum absolute atomic E-state index is 0.0846. The average molecular weight is 352 g/mol. The van der Waals surface area contributed by atoms with Crippen molar-refractivity contribution >= 4 is 35.1 Å². The van der Waals surface area contributed by atoms with Gasteiger partial charge >= 0.3 is 6.01 Å². The molecule has 1 heterocycles. The lowest BCUT2D eigenvalue weighted by molar-refractivity contribution is 0.102. The summed E-state index contributed by atoms with van der Waals surface area (Å²) in [6.07, 6.45) is 0. The summed E-state index contributed by atoms with van der Waals surface area (Å²) in [7, 11) is 0. The molecular weight excluding hydrogens is 344 g/mol. The molecule has 0 aliphatic carbocycles. The summed E-state index contributed by atoms with van der Waals surface area (Å²) in [5, 5.41) is 10.6. The van der Waals surface area contributed by atoms with E-state index in [2.05, 4.69) is 15.5 Å². The highest BCUT2D eigenvalue weighted by Gasteiger charge is 2.16. The molecular formula is C15H8Cl2FN3O2. The van der Waals surface area contributed by atoms with Crippen LogP contribution in [-0.4, -0.2) is 16.1 Å². The van der Waals surface area contributed by atoms with Crippen molar-refractivity contribution in [3.63, 3.8) is 0 Å². The molecule has 0 saturated carbocycles. The molecule has 0 bridgehead atoms. The number of hydrogen-bond donors (Lipinski definition) is 1. The number of anilines is 1. The molecule has 0 aliphatic rings. The topological polar surface area (TPSA) is 68.0 Å². The molecule has 0 saturated heterocycles. The Morgan fingerprint density at radius 1 is 1.13 bits per heavy atom. The quantitative estimate of drug-likeness (QED) is 0.757. The zero-order valence-corrected chi connectivity index (χ0v) is 12.9. The fraction of sp³-hybridized carbons (Fsp3) is 0. The number of nitrogens with one attached hydrogen (secondary N) is 1. The molecule has 1 amide bonds. The summed E-state index contributed by atoms with van der Waals surface area (Å²) in [6.45, 7) is 0. The number of rotatable bonds is 3. The van der Waals surface area contributed by atoms with Crippen molar-refractivity contribution in [1.82, 2.24) is 10.2 Å². The molecule has 3 rings (SSSR count). The smallest absolute Gasteiger partial charge is 0.322 e. The number of carbonyl (C=O) groups is 1. The van der Waals surface area contributed by atoms with E-state index in [0.29, 0.717) is 15.6 Å². The van der Waals surface area contributed by atoms with Gasteiger partial charge in [0.05, 0.1) is 16.1 Å². The van der Waals surface area contributed by atoms with Crippen molar-refractivity contribution in [2.75, 3.05) is 5.32 Å². The Hall–Kier alpha value is -2.44. The molecule has 23 heavy (non-hydrogen) atoms. The molecule has 116 valence electrons. The van der Waals surface area contributed by atoms with E-state index < -0.39 is 11.7 Å². The summed E-state index contributed by atoms with van der Waals surface area (Å²) in [6, 6.07) is 10.1. The first-order chi connectivity index (χ1) is 11.0. The highest BCUT2D eigenvalue weighted by atomic mass is 35.5. The molecule has 5 nitrogen and oxygen atoms in total. The minimum Gasteiger partial charge on any atom is -0.403 e. The predicted molar refractivity (Wildman–Crippen MR) is 84.1 cm³/mol. The molecule has 8 heteroatoms. The van der Waals surface area contributed by atoms with Crippen LogP contribution in [0.1, 0.15) is 10.4 Å². The van der Waals surface area contributed by atoms with Crippen LogP contribution in [0.4, 0.5) is 10.4 Å². The van der Waals surface area contributed by atoms with Crippen molar-refractivity contribution in [3.8, 4) is 11.5 Å². The van der Waals surface area contributed by atoms with E-state index in [9.17, 15) is 9.18 Å². The van der Waals surface area contributed by atoms with Gasteiger partial charge in [0, 0.05) is 5.02 Å². The van der Waals surface area contributed by atoms with Crippen molar-refractivity contribution in [3.05, 3.63) is 63.9 Å². The fourth-order valence-corrected chi connectivity index (χ4v) is 2.22. The van der Waals surface area contributed by atoms with E-state index in [1.165, 1.54) is 18.2 Å². The van der Waals surface area contributed by atoms with Gasteiger partial charge in [-0.25, -0.2) is 4.39 Å². The Labute approximate surface area is 140 Å². The summed E-state index contributed by atoms with van der Waals surface area (Å²) in [4.78, 5) is 12.0. The number of amides is 1. The third-order valence-corrected chi connectivity index (χ3v) is 3.49. The van der Waals surface area contributed by atoms with Gasteiger partial charge in [-0.15, -0.1) is 5.10 Å². The van der Waals surface area contributed by atoms with Crippen LogP contribution in [0.5, 0.6) is 0 Å². The molecule has 1 aromatic heterocycles. The zero-order valence-electron chi connectivity index (χ0n) is 11.4. The number of aromatic nitrogens is 2. The van der Waals surface area contributed by atoms with Crippen LogP contribution in [0.25, 0.3) is 11.5 Å². The van der Waals surface area contributed by atoms with Crippen LogP contribution < -0.4 is 5.32 Å². The summed E-state index contributed by atoms with van der Waals surface area (Å²) >= 11 is 11.9. The molecule has 2 aromatic carbocycles. The first-order valence-electron chi connectivity index (χ1n) is 6.39. The van der Waals surface area contributed by atoms with Gasteiger partial charge in [-0.1, -0.05) is 40.4 Å². The third kappa shape index (κ3) is 3.33. The van der Waals surface area contributed by atoms with E-state index >= 15 is 0 Å². The van der Waals surface area contributed by atoms with E-state index in [4.69, 9.17) is 27.6 Å². The molecule has 1 N–H and O–H groups in total. The van der Waals surface area contributed by atoms with Gasteiger partial charge in [0.15, 0.2) is 0 Å². The highest BCUT2D eigenvalue weighted by molar-refractivity contribution is 6.35. The second-order valence-electron chi connectivity index (χ2n) is 4.47. The van der Waals surface area contributed by atoms with Crippen LogP contribution in [0, 0.1) is 5.82 Å². The van der Waals surface area contributed by atoms with E-state index in [1.54, 1.807) is 24.3 Å². The fourth-order valence-electron chi connectivity index (χ4n) is 1.85. The Morgan fingerprint density at radius 3 is 2.70 bits per heavy atom. The highest BCUT2D eigenvalue weighted by Crippen LogP contribution is 2.30. The number of carbonyl (C=O) groups excluding carboxylic acids is 1. The van der Waals surface area contributed by atoms with Crippen LogP contribution in [0.2, 0.25) is 10.0 Å². The number of benzene rings is 2. The standard InChI is InChI=1S/C15H8Cl2FN3O2/c16-8-5-6-11(17)10(7-8)14-20-21-15(23-14)19-13(22)9-3-1-2-4-12(9)18/h1-7H,(H,19,21,22). The summed E-state index contributed by atoms with van der Waals surface area (Å²) in [5.41, 5.74) is 0.297. The van der Waals surface area contributed by atoms with Crippen LogP contribution in [0.3, 0.4) is 0 Å². The maximum atomic E-state index is 13.6. The lowest BCUT2D eigenvalue weighted by Gasteiger charge is -2.01. The van der Waals surface area contributed by atoms with Gasteiger partial charge in [-0.3, -0.25) is 10.1 Å². The molecule has 0 fully saturated rings. The summed E-state index contributed by atoms with van der Waals surface area (Å²) < 4.78 is 18.9. The van der Waals surface area contributed by atoms with Gasteiger partial charge < -0.3 is 4.42 Å². The second-order valence-corrected chi connectivity index (χ2v) is 5.31. The van der Waals surface area contributed by atoms with E-state index in [0.717, 1.165) is 0 Å². The van der Waals surface area contributed by atoms with Gasteiger partial charge in [0.25, 0.3) is 11.8 Å². The second kappa shape index (κ2) is 6.36. The third-order valence-electron chi connectivity index (χ3n) is 2.92. The predicted octanol–water partition coefficient (Wildman–Crippen LogP) is 4.43. The van der Waals surface area contributed by atoms with Crippen molar-refractivity contribution in [2.24, 2.45) is 0 Å². The zero-order chi connectivity index (χ0) is 16.4. The number of halogens is 3. The Balaban J connectivity index is 1.84. The van der Waals surface area contributed by atoms with E-state index in [-0.39, 0.29) is 17.5 Å². The average Bonchev–Trinajstić information content (AvgIpc) is 2.98. The summed E-state index contributed by atoms with van der Waals surface area (Å²) in [5.74, 6) is -1.26. The van der Waals surface area contributed by atoms with Crippen molar-refractivity contribution in [2.45, 2.75) is 0 Å². The lowest BCUT2D eigenvalue weighted by Crippen LogP contribution is -2.13. The molecule has 0 atom stereocenters. The largest absolute Gasteiger partial charge is 0.403 e. The minimum atomic E-state index is -0.699. The van der Waals surface area contributed by atoms with Gasteiger partial charge in [-0.05, 0) is 30.3 Å². The van der Waals surface area contributed by atoms with Gasteiger partial charge in [0.2, 0.25) is 0 Å². The molecule has 0 spiro atoms. The Morgan fingerprint density at radius 2 is 1.91 bits per heavy atom. The monoisotopic (exact) mass is 351 g/mol. The molecule has 3 aromatic rings. The van der Waals surface area contributed by atoms with E-state index in [1.807, 2.05) is 0 Å². The van der Waals surface area contributed by atoms with Crippen LogP contribution in [0.15, 0.2) is 46.9 Å².